The number of amides is 1. The lowest BCUT2D eigenvalue weighted by molar-refractivity contribution is -0.118. The lowest BCUT2D eigenvalue weighted by Gasteiger charge is -2.20. The molecule has 0 aliphatic heterocycles. The number of anilines is 1. The van der Waals surface area contributed by atoms with Crippen LogP contribution in [0.2, 0.25) is 0 Å². The van der Waals surface area contributed by atoms with Crippen molar-refractivity contribution in [3.05, 3.63) is 64.2 Å². The van der Waals surface area contributed by atoms with E-state index in [4.69, 9.17) is 0 Å². The van der Waals surface area contributed by atoms with Crippen LogP contribution in [0.15, 0.2) is 30.7 Å². The number of imidazole rings is 1. The van der Waals surface area contributed by atoms with E-state index in [2.05, 4.69) is 15.3 Å². The third kappa shape index (κ3) is 3.49. The summed E-state index contributed by atoms with van der Waals surface area (Å²) in [5.74, 6) is -1.61. The number of nitrogens with zero attached hydrogens (tertiary/aromatic N) is 3. The van der Waals surface area contributed by atoms with E-state index in [0.29, 0.717) is 10.0 Å². The molecule has 0 saturated carbocycles. The molecule has 1 aromatic carbocycles. The molecule has 1 amide bonds. The Morgan fingerprint density at radius 3 is 2.89 bits per heavy atom. The van der Waals surface area contributed by atoms with Gasteiger partial charge in [0.1, 0.15) is 11.6 Å². The first-order valence-electron chi connectivity index (χ1n) is 8.71. The highest BCUT2D eigenvalue weighted by atomic mass is 32.1. The van der Waals surface area contributed by atoms with Crippen LogP contribution in [0.1, 0.15) is 40.6 Å². The number of carbonyl (C=O) groups excluding carboxylic acids is 1. The molecular formula is C19H18F2N4OS. The molecule has 1 aliphatic rings. The quantitative estimate of drug-likeness (QED) is 0.740. The lowest BCUT2D eigenvalue weighted by Crippen LogP contribution is -2.25. The highest BCUT2D eigenvalue weighted by Crippen LogP contribution is 2.32. The Hall–Kier alpha value is -2.61. The van der Waals surface area contributed by atoms with Gasteiger partial charge in [-0.2, -0.15) is 0 Å². The molecule has 2 heterocycles. The molecule has 0 fully saturated rings. The van der Waals surface area contributed by atoms with Gasteiger partial charge in [-0.1, -0.05) is 6.07 Å². The SMILES string of the molecule is Cn1cnc2c1CCCC2C(=O)Nc1ncc(Cc2c(F)cccc2F)s1. The zero-order valence-electron chi connectivity index (χ0n) is 14.7. The summed E-state index contributed by atoms with van der Waals surface area (Å²) in [6.07, 6.45) is 5.97. The number of aromatic nitrogens is 3. The summed E-state index contributed by atoms with van der Waals surface area (Å²) in [6, 6.07) is 3.80. The molecule has 5 nitrogen and oxygen atoms in total. The van der Waals surface area contributed by atoms with E-state index >= 15 is 0 Å². The Kier molecular flexibility index (Phi) is 4.73. The van der Waals surface area contributed by atoms with E-state index in [1.54, 1.807) is 12.5 Å². The first kappa shape index (κ1) is 17.8. The molecule has 1 N–H and O–H groups in total. The Balaban J connectivity index is 1.48. The number of hydrogen-bond donors (Lipinski definition) is 1. The van der Waals surface area contributed by atoms with Crippen LogP contribution >= 0.6 is 11.3 Å². The van der Waals surface area contributed by atoms with E-state index in [1.807, 2.05) is 11.6 Å². The second-order valence-corrected chi connectivity index (χ2v) is 7.75. The molecule has 3 aromatic rings. The van der Waals surface area contributed by atoms with Crippen LogP contribution in [-0.4, -0.2) is 20.4 Å². The average molecular weight is 388 g/mol. The highest BCUT2D eigenvalue weighted by Gasteiger charge is 2.30. The van der Waals surface area contributed by atoms with Crippen molar-refractivity contribution in [1.29, 1.82) is 0 Å². The summed E-state index contributed by atoms with van der Waals surface area (Å²) >= 11 is 1.22. The van der Waals surface area contributed by atoms with Crippen LogP contribution in [0.3, 0.4) is 0 Å². The van der Waals surface area contributed by atoms with Crippen LogP contribution < -0.4 is 5.32 Å². The number of benzene rings is 1. The van der Waals surface area contributed by atoms with Gasteiger partial charge in [0.2, 0.25) is 5.91 Å². The normalized spacial score (nSPS) is 16.2. The molecule has 1 aliphatic carbocycles. The van der Waals surface area contributed by atoms with Gasteiger partial charge in [0.15, 0.2) is 5.13 Å². The van der Waals surface area contributed by atoms with Crippen molar-refractivity contribution >= 4 is 22.4 Å². The summed E-state index contributed by atoms with van der Waals surface area (Å²) in [5, 5.41) is 3.25. The topological polar surface area (TPSA) is 59.8 Å². The minimum absolute atomic E-state index is 0.00411. The molecule has 0 saturated heterocycles. The molecule has 27 heavy (non-hydrogen) atoms. The predicted molar refractivity (Wildman–Crippen MR) is 98.8 cm³/mol. The van der Waals surface area contributed by atoms with Gasteiger partial charge < -0.3 is 9.88 Å². The number of carbonyl (C=O) groups is 1. The van der Waals surface area contributed by atoms with Crippen molar-refractivity contribution in [3.63, 3.8) is 0 Å². The summed E-state index contributed by atoms with van der Waals surface area (Å²) < 4.78 is 29.6. The molecule has 1 atom stereocenters. The van der Waals surface area contributed by atoms with Crippen molar-refractivity contribution < 1.29 is 13.6 Å². The Labute approximate surface area is 159 Å². The molecular weight excluding hydrogens is 370 g/mol. The summed E-state index contributed by atoms with van der Waals surface area (Å²) in [6.45, 7) is 0. The van der Waals surface area contributed by atoms with Gasteiger partial charge in [-0.15, -0.1) is 11.3 Å². The van der Waals surface area contributed by atoms with E-state index in [-0.39, 0.29) is 23.8 Å². The molecule has 1 unspecified atom stereocenters. The van der Waals surface area contributed by atoms with Gasteiger partial charge in [0, 0.05) is 35.8 Å². The fourth-order valence-corrected chi connectivity index (χ4v) is 4.28. The van der Waals surface area contributed by atoms with Crippen LogP contribution in [0.4, 0.5) is 13.9 Å². The fraction of sp³-hybridized carbons (Fsp3) is 0.316. The monoisotopic (exact) mass is 388 g/mol. The zero-order valence-corrected chi connectivity index (χ0v) is 15.5. The van der Waals surface area contributed by atoms with Crippen LogP contribution in [0, 0.1) is 11.6 Å². The fourth-order valence-electron chi connectivity index (χ4n) is 3.45. The van der Waals surface area contributed by atoms with Gasteiger partial charge in [-0.3, -0.25) is 4.79 Å². The van der Waals surface area contributed by atoms with Crippen molar-refractivity contribution in [2.45, 2.75) is 31.6 Å². The van der Waals surface area contributed by atoms with Crippen LogP contribution in [-0.2, 0) is 24.7 Å². The van der Waals surface area contributed by atoms with Gasteiger partial charge in [-0.05, 0) is 31.4 Å². The maximum atomic E-state index is 13.8. The third-order valence-electron chi connectivity index (χ3n) is 4.84. The standard InChI is InChI=1S/C19H18F2N4OS/c1-25-10-23-17-12(4-2-7-16(17)25)18(26)24-19-22-9-11(27-19)8-13-14(20)5-3-6-15(13)21/h3,5-6,9-10,12H,2,4,7-8H2,1H3,(H,22,24,26). The molecule has 0 spiro atoms. The van der Waals surface area contributed by atoms with Crippen molar-refractivity contribution in [1.82, 2.24) is 14.5 Å². The molecule has 0 bridgehead atoms. The number of aryl methyl sites for hydroxylation is 1. The number of fused-ring (bicyclic) bond motifs is 1. The van der Waals surface area contributed by atoms with Gasteiger partial charge in [0.05, 0.1) is 17.9 Å². The second-order valence-electron chi connectivity index (χ2n) is 6.63. The van der Waals surface area contributed by atoms with Gasteiger partial charge in [-0.25, -0.2) is 18.7 Å². The first-order valence-corrected chi connectivity index (χ1v) is 9.53. The number of thiazole rings is 1. The third-order valence-corrected chi connectivity index (χ3v) is 5.75. The maximum Gasteiger partial charge on any atom is 0.235 e. The van der Waals surface area contributed by atoms with E-state index in [1.165, 1.54) is 29.5 Å². The second kappa shape index (κ2) is 7.19. The Morgan fingerprint density at radius 1 is 1.33 bits per heavy atom. The zero-order chi connectivity index (χ0) is 19.0. The van der Waals surface area contributed by atoms with Crippen LogP contribution in [0.5, 0.6) is 0 Å². The summed E-state index contributed by atoms with van der Waals surface area (Å²) in [5.41, 5.74) is 1.92. The van der Waals surface area contributed by atoms with Crippen molar-refractivity contribution in [3.8, 4) is 0 Å². The highest BCUT2D eigenvalue weighted by molar-refractivity contribution is 7.15. The minimum Gasteiger partial charge on any atom is -0.337 e. The molecule has 2 aromatic heterocycles. The van der Waals surface area contributed by atoms with Gasteiger partial charge in [0.25, 0.3) is 0 Å². The first-order chi connectivity index (χ1) is 13.0. The smallest absolute Gasteiger partial charge is 0.235 e. The summed E-state index contributed by atoms with van der Waals surface area (Å²) in [7, 11) is 1.93. The number of hydrogen-bond acceptors (Lipinski definition) is 4. The van der Waals surface area contributed by atoms with Crippen molar-refractivity contribution in [2.24, 2.45) is 7.05 Å². The van der Waals surface area contributed by atoms with E-state index in [0.717, 1.165) is 30.7 Å². The Morgan fingerprint density at radius 2 is 2.11 bits per heavy atom. The Bertz CT molecular complexity index is 977. The van der Waals surface area contributed by atoms with Crippen LogP contribution in [0.25, 0.3) is 0 Å². The molecule has 140 valence electrons. The summed E-state index contributed by atoms with van der Waals surface area (Å²) in [4.78, 5) is 21.9. The van der Waals surface area contributed by atoms with Crippen molar-refractivity contribution in [2.75, 3.05) is 5.32 Å². The molecule has 0 radical (unpaired) electrons. The number of rotatable bonds is 4. The predicted octanol–water partition coefficient (Wildman–Crippen LogP) is 3.80. The van der Waals surface area contributed by atoms with Gasteiger partial charge >= 0.3 is 0 Å². The number of nitrogens with one attached hydrogen (secondary N) is 1. The number of halogens is 2. The average Bonchev–Trinajstić information content (AvgIpc) is 3.25. The molecule has 8 heteroatoms. The minimum atomic E-state index is -0.584. The van der Waals surface area contributed by atoms with E-state index < -0.39 is 11.6 Å². The lowest BCUT2D eigenvalue weighted by atomic mass is 9.89. The largest absolute Gasteiger partial charge is 0.337 e. The van der Waals surface area contributed by atoms with E-state index in [9.17, 15) is 13.6 Å². The molecule has 4 rings (SSSR count). The maximum absolute atomic E-state index is 13.8.